The Balaban J connectivity index is 1.76. The molecule has 0 heterocycles. The van der Waals surface area contributed by atoms with E-state index < -0.39 is 0 Å². The second-order valence-electron chi connectivity index (χ2n) is 5.72. The Bertz CT molecular complexity index is 690. The summed E-state index contributed by atoms with van der Waals surface area (Å²) >= 11 is 0. The van der Waals surface area contributed by atoms with Gasteiger partial charge in [0, 0.05) is 5.56 Å². The molecule has 4 heteroatoms. The molecule has 0 radical (unpaired) electrons. The van der Waals surface area contributed by atoms with Crippen LogP contribution < -0.4 is 5.48 Å². The lowest BCUT2D eigenvalue weighted by molar-refractivity contribution is -0.146. The number of carbonyl (C=O) groups is 2. The van der Waals surface area contributed by atoms with Crippen molar-refractivity contribution in [1.82, 2.24) is 0 Å². The first-order chi connectivity index (χ1) is 10.8. The first kappa shape index (κ1) is 14.6. The molecule has 3 rings (SSSR count). The van der Waals surface area contributed by atoms with Crippen molar-refractivity contribution in [2.45, 2.75) is 32.1 Å². The average Bonchev–Trinajstić information content (AvgIpc) is 2.59. The quantitative estimate of drug-likeness (QED) is 0.682. The molecule has 0 aromatic heterocycles. The van der Waals surface area contributed by atoms with Gasteiger partial charge in [-0.2, -0.15) is 0 Å². The van der Waals surface area contributed by atoms with Crippen LogP contribution in [0.1, 0.15) is 42.5 Å². The van der Waals surface area contributed by atoms with Crippen molar-refractivity contribution in [1.29, 1.82) is 0 Å². The molecule has 1 fully saturated rings. The fraction of sp³-hybridized carbons (Fsp3) is 0.333. The second-order valence-corrected chi connectivity index (χ2v) is 5.72. The van der Waals surface area contributed by atoms with E-state index in [0.717, 1.165) is 42.7 Å². The van der Waals surface area contributed by atoms with E-state index in [0.29, 0.717) is 11.3 Å². The summed E-state index contributed by atoms with van der Waals surface area (Å²) in [7, 11) is 0. The highest BCUT2D eigenvalue weighted by atomic mass is 16.7. The van der Waals surface area contributed by atoms with Crippen LogP contribution in [-0.2, 0) is 9.63 Å². The Kier molecular flexibility index (Phi) is 4.37. The summed E-state index contributed by atoms with van der Waals surface area (Å²) < 4.78 is 0. The van der Waals surface area contributed by atoms with Crippen molar-refractivity contribution in [3.05, 3.63) is 42.0 Å². The van der Waals surface area contributed by atoms with E-state index in [1.54, 1.807) is 6.07 Å². The maximum Gasteiger partial charge on any atom is 0.335 e. The Hall–Kier alpha value is -2.36. The molecule has 0 bridgehead atoms. The van der Waals surface area contributed by atoms with E-state index in [1.165, 1.54) is 6.42 Å². The topological polar surface area (TPSA) is 55.4 Å². The van der Waals surface area contributed by atoms with Gasteiger partial charge in [-0.25, -0.2) is 10.3 Å². The number of benzene rings is 2. The molecule has 0 amide bonds. The summed E-state index contributed by atoms with van der Waals surface area (Å²) in [6.07, 6.45) is 5.92. The summed E-state index contributed by atoms with van der Waals surface area (Å²) in [6.45, 7) is 0. The molecular weight excluding hydrogens is 278 g/mol. The molecular formula is C18H19NO3. The number of hydrogen-bond donors (Lipinski definition) is 1. The van der Waals surface area contributed by atoms with Gasteiger partial charge in [-0.3, -0.25) is 4.79 Å². The van der Waals surface area contributed by atoms with Crippen molar-refractivity contribution < 1.29 is 14.4 Å². The third-order valence-corrected chi connectivity index (χ3v) is 4.29. The van der Waals surface area contributed by atoms with Crippen LogP contribution in [0.3, 0.4) is 0 Å². The number of rotatable bonds is 4. The van der Waals surface area contributed by atoms with Gasteiger partial charge in [-0.15, -0.1) is 0 Å². The van der Waals surface area contributed by atoms with Gasteiger partial charge in [0.15, 0.2) is 6.29 Å². The van der Waals surface area contributed by atoms with E-state index in [9.17, 15) is 9.59 Å². The monoisotopic (exact) mass is 297 g/mol. The van der Waals surface area contributed by atoms with Crippen LogP contribution in [-0.4, -0.2) is 12.3 Å². The third kappa shape index (κ3) is 2.96. The Morgan fingerprint density at radius 2 is 1.86 bits per heavy atom. The summed E-state index contributed by atoms with van der Waals surface area (Å²) in [5, 5.41) is 1.82. The highest BCUT2D eigenvalue weighted by molar-refractivity contribution is 6.03. The van der Waals surface area contributed by atoms with E-state index in [4.69, 9.17) is 4.84 Å². The van der Waals surface area contributed by atoms with Gasteiger partial charge >= 0.3 is 5.97 Å². The van der Waals surface area contributed by atoms with Crippen LogP contribution >= 0.6 is 0 Å². The largest absolute Gasteiger partial charge is 0.343 e. The van der Waals surface area contributed by atoms with Crippen molar-refractivity contribution in [3.8, 4) is 0 Å². The minimum absolute atomic E-state index is 0.0265. The molecule has 0 unspecified atom stereocenters. The smallest absolute Gasteiger partial charge is 0.335 e. The molecule has 22 heavy (non-hydrogen) atoms. The highest BCUT2D eigenvalue weighted by Gasteiger charge is 2.23. The van der Waals surface area contributed by atoms with Crippen molar-refractivity contribution in [3.63, 3.8) is 0 Å². The minimum Gasteiger partial charge on any atom is -0.343 e. The first-order valence-electron chi connectivity index (χ1n) is 7.73. The van der Waals surface area contributed by atoms with Gasteiger partial charge in [0.25, 0.3) is 0 Å². The number of hydrogen-bond acceptors (Lipinski definition) is 4. The maximum atomic E-state index is 12.1. The first-order valence-corrected chi connectivity index (χ1v) is 7.73. The zero-order chi connectivity index (χ0) is 15.4. The van der Waals surface area contributed by atoms with Gasteiger partial charge in [0.1, 0.15) is 0 Å². The number of nitrogens with one attached hydrogen (secondary N) is 1. The van der Waals surface area contributed by atoms with E-state index in [-0.39, 0.29) is 11.9 Å². The van der Waals surface area contributed by atoms with Crippen molar-refractivity contribution >= 4 is 28.7 Å². The zero-order valence-corrected chi connectivity index (χ0v) is 12.4. The highest BCUT2D eigenvalue weighted by Crippen LogP contribution is 2.27. The molecule has 0 atom stereocenters. The van der Waals surface area contributed by atoms with Crippen molar-refractivity contribution in [2.24, 2.45) is 5.92 Å². The van der Waals surface area contributed by atoms with Gasteiger partial charge in [0.05, 0.1) is 11.6 Å². The lowest BCUT2D eigenvalue weighted by atomic mass is 9.89. The van der Waals surface area contributed by atoms with Crippen LogP contribution in [0.5, 0.6) is 0 Å². The number of anilines is 1. The second kappa shape index (κ2) is 6.60. The molecule has 0 spiro atoms. The van der Waals surface area contributed by atoms with Crippen LogP contribution in [0.15, 0.2) is 36.4 Å². The van der Waals surface area contributed by atoms with E-state index in [1.807, 2.05) is 30.3 Å². The molecule has 4 nitrogen and oxygen atoms in total. The van der Waals surface area contributed by atoms with Gasteiger partial charge in [-0.05, 0) is 29.7 Å². The molecule has 1 saturated carbocycles. The average molecular weight is 297 g/mol. The minimum atomic E-state index is -0.232. The fourth-order valence-corrected chi connectivity index (χ4v) is 3.04. The normalized spacial score (nSPS) is 15.5. The summed E-state index contributed by atoms with van der Waals surface area (Å²) in [5.41, 5.74) is 3.71. The molecule has 2 aromatic rings. The molecule has 0 saturated heterocycles. The number of aldehydes is 1. The van der Waals surface area contributed by atoms with E-state index >= 15 is 0 Å². The zero-order valence-electron chi connectivity index (χ0n) is 12.4. The number of fused-ring (bicyclic) bond motifs is 1. The molecule has 2 aromatic carbocycles. The Morgan fingerprint density at radius 3 is 2.64 bits per heavy atom. The van der Waals surface area contributed by atoms with Crippen LogP contribution in [0, 0.1) is 5.92 Å². The standard InChI is InChI=1S/C18H19NO3/c20-12-16-15-9-5-4-6-13(15)10-11-17(16)19-22-18(21)14-7-2-1-3-8-14/h4-6,9-12,14,19H,1-3,7-8H2. The predicted molar refractivity (Wildman–Crippen MR) is 85.6 cm³/mol. The maximum absolute atomic E-state index is 12.1. The van der Waals surface area contributed by atoms with Crippen LogP contribution in [0.25, 0.3) is 10.8 Å². The molecule has 0 aliphatic heterocycles. The van der Waals surface area contributed by atoms with Crippen LogP contribution in [0.4, 0.5) is 5.69 Å². The third-order valence-electron chi connectivity index (χ3n) is 4.29. The summed E-state index contributed by atoms with van der Waals surface area (Å²) in [4.78, 5) is 28.7. The molecule has 1 aliphatic carbocycles. The molecule has 1 aliphatic rings. The fourth-order valence-electron chi connectivity index (χ4n) is 3.04. The van der Waals surface area contributed by atoms with E-state index in [2.05, 4.69) is 5.48 Å². The Labute approximate surface area is 129 Å². The summed E-state index contributed by atoms with van der Waals surface area (Å²) in [6, 6.07) is 11.3. The van der Waals surface area contributed by atoms with Crippen molar-refractivity contribution in [2.75, 3.05) is 5.48 Å². The SMILES string of the molecule is O=Cc1c(NOC(=O)C2CCCCC2)ccc2ccccc12. The lowest BCUT2D eigenvalue weighted by Crippen LogP contribution is -2.23. The predicted octanol–water partition coefficient (Wildman–Crippen LogP) is 4.10. The molecule has 114 valence electrons. The van der Waals surface area contributed by atoms with Crippen LogP contribution in [0.2, 0.25) is 0 Å². The van der Waals surface area contributed by atoms with Gasteiger partial charge in [-0.1, -0.05) is 49.6 Å². The summed E-state index contributed by atoms with van der Waals surface area (Å²) in [5.74, 6) is -0.258. The van der Waals surface area contributed by atoms with Gasteiger partial charge < -0.3 is 4.84 Å². The van der Waals surface area contributed by atoms with Gasteiger partial charge in [0.2, 0.25) is 0 Å². The molecule has 1 N–H and O–H groups in total. The number of carbonyl (C=O) groups excluding carboxylic acids is 2. The Morgan fingerprint density at radius 1 is 1.09 bits per heavy atom. The lowest BCUT2D eigenvalue weighted by Gasteiger charge is -2.20.